The molecule has 1 amide bonds. The molecule has 1 rings (SSSR count). The van der Waals surface area contributed by atoms with Crippen LogP contribution in [0, 0.1) is 17.6 Å². The molecule has 0 aliphatic carbocycles. The zero-order chi connectivity index (χ0) is 18.7. The van der Waals surface area contributed by atoms with E-state index in [1.807, 2.05) is 0 Å². The van der Waals surface area contributed by atoms with E-state index in [-0.39, 0.29) is 0 Å². The Hall–Kier alpha value is -1.58. The van der Waals surface area contributed by atoms with Crippen LogP contribution in [0.4, 0.5) is 14.5 Å². The normalized spacial score (nSPS) is 13.6. The Morgan fingerprint density at radius 2 is 1.79 bits per heavy atom. The Morgan fingerprint density at radius 3 is 2.29 bits per heavy atom. The predicted molar refractivity (Wildman–Crippen MR) is 88.2 cm³/mol. The zero-order valence-corrected chi connectivity index (χ0v) is 15.1. The number of hydrogen-bond acceptors (Lipinski definition) is 4. The summed E-state index contributed by atoms with van der Waals surface area (Å²) < 4.78 is 54.6. The van der Waals surface area contributed by atoms with E-state index in [1.54, 1.807) is 34.7 Å². The van der Waals surface area contributed by atoms with Gasteiger partial charge in [-0.15, -0.1) is 0 Å². The van der Waals surface area contributed by atoms with E-state index in [2.05, 4.69) is 15.4 Å². The fraction of sp³-hybridized carbons (Fsp3) is 0.533. The molecule has 0 spiro atoms. The van der Waals surface area contributed by atoms with E-state index in [4.69, 9.17) is 0 Å². The standard InChI is InChI=1S/C15H23F2N3O3S/c1-9(8-18-5)14(21)19-12-7-13(11(17)6-10(12)16)24(22,23)20-15(2,3)4/h6-7,9,18,20H,8H2,1-5H3,(H,19,21). The van der Waals surface area contributed by atoms with Crippen LogP contribution in [0.3, 0.4) is 0 Å². The monoisotopic (exact) mass is 363 g/mol. The van der Waals surface area contributed by atoms with Crippen LogP contribution in [0.2, 0.25) is 0 Å². The lowest BCUT2D eigenvalue weighted by Gasteiger charge is -2.21. The summed E-state index contributed by atoms with van der Waals surface area (Å²) in [4.78, 5) is 11.2. The summed E-state index contributed by atoms with van der Waals surface area (Å²) in [7, 11) is -2.55. The number of halogens is 2. The SMILES string of the molecule is CNCC(C)C(=O)Nc1cc(S(=O)(=O)NC(C)(C)C)c(F)cc1F. The zero-order valence-electron chi connectivity index (χ0n) is 14.3. The highest BCUT2D eigenvalue weighted by atomic mass is 32.2. The minimum absolute atomic E-state index is 0.353. The summed E-state index contributed by atoms with van der Waals surface area (Å²) in [6.07, 6.45) is 0. The molecular formula is C15H23F2N3O3S. The van der Waals surface area contributed by atoms with Crippen LogP contribution in [-0.2, 0) is 14.8 Å². The third kappa shape index (κ3) is 5.50. The molecule has 0 bridgehead atoms. The maximum atomic E-state index is 13.9. The molecule has 0 heterocycles. The number of anilines is 1. The van der Waals surface area contributed by atoms with Gasteiger partial charge in [0.2, 0.25) is 15.9 Å². The van der Waals surface area contributed by atoms with Crippen LogP contribution in [0.25, 0.3) is 0 Å². The average molecular weight is 363 g/mol. The molecule has 0 saturated heterocycles. The number of carbonyl (C=O) groups excluding carboxylic acids is 1. The molecule has 136 valence electrons. The number of sulfonamides is 1. The highest BCUT2D eigenvalue weighted by Gasteiger charge is 2.27. The second kappa shape index (κ2) is 7.54. The Morgan fingerprint density at radius 1 is 1.21 bits per heavy atom. The number of rotatable bonds is 6. The molecule has 9 heteroatoms. The van der Waals surface area contributed by atoms with E-state index in [1.165, 1.54) is 0 Å². The average Bonchev–Trinajstić information content (AvgIpc) is 2.38. The van der Waals surface area contributed by atoms with Crippen molar-refractivity contribution >= 4 is 21.6 Å². The van der Waals surface area contributed by atoms with E-state index < -0.39 is 49.6 Å². The third-order valence-electron chi connectivity index (χ3n) is 2.97. The number of hydrogen-bond donors (Lipinski definition) is 3. The first-order valence-corrected chi connectivity index (χ1v) is 8.84. The summed E-state index contributed by atoms with van der Waals surface area (Å²) >= 11 is 0. The fourth-order valence-electron chi connectivity index (χ4n) is 1.94. The van der Waals surface area contributed by atoms with Crippen LogP contribution in [0.15, 0.2) is 17.0 Å². The molecule has 0 aliphatic heterocycles. The first-order valence-electron chi connectivity index (χ1n) is 7.36. The second-order valence-electron chi connectivity index (χ2n) is 6.57. The van der Waals surface area contributed by atoms with Crippen molar-refractivity contribution in [2.45, 2.75) is 38.1 Å². The molecule has 6 nitrogen and oxygen atoms in total. The van der Waals surface area contributed by atoms with Crippen molar-refractivity contribution in [3.63, 3.8) is 0 Å². The summed E-state index contributed by atoms with van der Waals surface area (Å²) in [5.41, 5.74) is -1.23. The molecule has 0 radical (unpaired) electrons. The first-order chi connectivity index (χ1) is 10.9. The van der Waals surface area contributed by atoms with Gasteiger partial charge in [-0.25, -0.2) is 21.9 Å². The van der Waals surface area contributed by atoms with Crippen molar-refractivity contribution < 1.29 is 22.0 Å². The first kappa shape index (κ1) is 20.5. The molecule has 0 fully saturated rings. The maximum Gasteiger partial charge on any atom is 0.244 e. The second-order valence-corrected chi connectivity index (χ2v) is 8.22. The molecular weight excluding hydrogens is 340 g/mol. The van der Waals surface area contributed by atoms with Gasteiger partial charge in [0.1, 0.15) is 16.5 Å². The lowest BCUT2D eigenvalue weighted by Crippen LogP contribution is -2.40. The summed E-state index contributed by atoms with van der Waals surface area (Å²) in [6, 6.07) is 1.22. The molecule has 1 unspecified atom stereocenters. The van der Waals surface area contributed by atoms with Crippen molar-refractivity contribution in [3.05, 3.63) is 23.8 Å². The Balaban J connectivity index is 3.21. The van der Waals surface area contributed by atoms with Gasteiger partial charge >= 0.3 is 0 Å². The van der Waals surface area contributed by atoms with Crippen molar-refractivity contribution in [2.75, 3.05) is 18.9 Å². The minimum atomic E-state index is -4.21. The maximum absolute atomic E-state index is 13.9. The van der Waals surface area contributed by atoms with Crippen molar-refractivity contribution in [2.24, 2.45) is 5.92 Å². The van der Waals surface area contributed by atoms with Gasteiger partial charge in [0.25, 0.3) is 0 Å². The van der Waals surface area contributed by atoms with E-state index >= 15 is 0 Å². The van der Waals surface area contributed by atoms with Gasteiger partial charge in [0.05, 0.1) is 5.69 Å². The van der Waals surface area contributed by atoms with Crippen LogP contribution in [-0.4, -0.2) is 33.5 Å². The Labute approximate surface area is 141 Å². The van der Waals surface area contributed by atoms with Gasteiger partial charge in [-0.2, -0.15) is 0 Å². The molecule has 1 aromatic rings. The quantitative estimate of drug-likeness (QED) is 0.720. The van der Waals surface area contributed by atoms with Gasteiger partial charge in [0.15, 0.2) is 0 Å². The van der Waals surface area contributed by atoms with Gasteiger partial charge in [-0.05, 0) is 33.9 Å². The van der Waals surface area contributed by atoms with Gasteiger partial charge in [0, 0.05) is 24.1 Å². The molecule has 1 aromatic carbocycles. The van der Waals surface area contributed by atoms with Crippen LogP contribution in [0.1, 0.15) is 27.7 Å². The van der Waals surface area contributed by atoms with Crippen LogP contribution < -0.4 is 15.4 Å². The highest BCUT2D eigenvalue weighted by Crippen LogP contribution is 2.24. The van der Waals surface area contributed by atoms with Gasteiger partial charge in [-0.1, -0.05) is 6.92 Å². The lowest BCUT2D eigenvalue weighted by atomic mass is 10.1. The Bertz CT molecular complexity index is 715. The molecule has 0 aromatic heterocycles. The van der Waals surface area contributed by atoms with Crippen molar-refractivity contribution in [1.29, 1.82) is 0 Å². The van der Waals surface area contributed by atoms with Crippen LogP contribution in [0.5, 0.6) is 0 Å². The molecule has 0 saturated carbocycles. The smallest absolute Gasteiger partial charge is 0.244 e. The molecule has 24 heavy (non-hydrogen) atoms. The Kier molecular flexibility index (Phi) is 6.43. The molecule has 3 N–H and O–H groups in total. The summed E-state index contributed by atoms with van der Waals surface area (Å²) in [5, 5.41) is 5.08. The number of carbonyl (C=O) groups is 1. The molecule has 1 atom stereocenters. The third-order valence-corrected chi connectivity index (χ3v) is 4.74. The fourth-order valence-corrected chi connectivity index (χ4v) is 3.45. The van der Waals surface area contributed by atoms with E-state index in [0.717, 1.165) is 6.07 Å². The molecule has 0 aliphatic rings. The van der Waals surface area contributed by atoms with E-state index in [0.29, 0.717) is 12.6 Å². The van der Waals surface area contributed by atoms with Crippen molar-refractivity contribution in [1.82, 2.24) is 10.0 Å². The summed E-state index contributed by atoms with van der Waals surface area (Å²) in [5.74, 6) is -3.27. The van der Waals surface area contributed by atoms with Crippen molar-refractivity contribution in [3.8, 4) is 0 Å². The summed E-state index contributed by atoms with van der Waals surface area (Å²) in [6.45, 7) is 6.74. The topological polar surface area (TPSA) is 87.3 Å². The number of nitrogens with one attached hydrogen (secondary N) is 3. The highest BCUT2D eigenvalue weighted by molar-refractivity contribution is 7.89. The largest absolute Gasteiger partial charge is 0.323 e. The van der Waals surface area contributed by atoms with Gasteiger partial charge in [-0.3, -0.25) is 4.79 Å². The number of benzene rings is 1. The predicted octanol–water partition coefficient (Wildman–Crippen LogP) is 1.84. The van der Waals surface area contributed by atoms with Gasteiger partial charge < -0.3 is 10.6 Å². The van der Waals surface area contributed by atoms with Crippen LogP contribution >= 0.6 is 0 Å². The lowest BCUT2D eigenvalue weighted by molar-refractivity contribution is -0.119. The van der Waals surface area contributed by atoms with E-state index in [9.17, 15) is 22.0 Å². The number of amides is 1. The minimum Gasteiger partial charge on any atom is -0.323 e.